The van der Waals surface area contributed by atoms with Crippen LogP contribution in [-0.2, 0) is 0 Å². The maximum atomic E-state index is 12.5. The van der Waals surface area contributed by atoms with Gasteiger partial charge in [0, 0.05) is 16.3 Å². The molecule has 1 N–H and O–H groups in total. The minimum absolute atomic E-state index is 0.0274. The van der Waals surface area contributed by atoms with Gasteiger partial charge in [-0.2, -0.15) is 0 Å². The summed E-state index contributed by atoms with van der Waals surface area (Å²) in [6, 6.07) is 12.8. The Hall–Kier alpha value is -2.59. The number of aromatic amines is 1. The largest absolute Gasteiger partial charge is 0.496 e. The molecule has 2 aromatic carbocycles. The maximum Gasteiger partial charge on any atom is 0.266 e. The molecule has 0 aliphatic carbocycles. The first-order valence-corrected chi connectivity index (χ1v) is 10.6. The Kier molecular flexibility index (Phi) is 4.98. The average molecular weight is 392 g/mol. The third-order valence-corrected chi connectivity index (χ3v) is 6.49. The molecule has 0 aliphatic rings. The molecule has 0 bridgehead atoms. The van der Waals surface area contributed by atoms with Crippen molar-refractivity contribution in [3.63, 3.8) is 0 Å². The molecular formula is C24H25NO2S. The number of thiophene rings is 1. The molecule has 0 saturated carbocycles. The number of ether oxygens (including phenoxy) is 1. The number of H-pyrrole nitrogens is 1. The third-order valence-electron chi connectivity index (χ3n) is 5.58. The van der Waals surface area contributed by atoms with E-state index >= 15 is 0 Å². The second-order valence-electron chi connectivity index (χ2n) is 7.45. The van der Waals surface area contributed by atoms with E-state index in [1.807, 2.05) is 24.4 Å². The highest BCUT2D eigenvalue weighted by Crippen LogP contribution is 2.42. The molecule has 0 aliphatic heterocycles. The Labute approximate surface area is 169 Å². The van der Waals surface area contributed by atoms with Gasteiger partial charge in [0.2, 0.25) is 0 Å². The van der Waals surface area contributed by atoms with E-state index < -0.39 is 0 Å². The van der Waals surface area contributed by atoms with Crippen LogP contribution in [0, 0.1) is 6.92 Å². The van der Waals surface area contributed by atoms with Gasteiger partial charge in [-0.3, -0.25) is 4.79 Å². The Morgan fingerprint density at radius 2 is 1.93 bits per heavy atom. The van der Waals surface area contributed by atoms with Crippen LogP contribution in [0.1, 0.15) is 43.7 Å². The van der Waals surface area contributed by atoms with Crippen LogP contribution in [0.5, 0.6) is 5.75 Å². The molecule has 0 spiro atoms. The Balaban J connectivity index is 2.02. The zero-order chi connectivity index (χ0) is 19.8. The predicted molar refractivity (Wildman–Crippen MR) is 120 cm³/mol. The van der Waals surface area contributed by atoms with Crippen LogP contribution in [0.2, 0.25) is 0 Å². The quantitative estimate of drug-likeness (QED) is 0.415. The number of pyridine rings is 1. The summed E-state index contributed by atoms with van der Waals surface area (Å²) in [5, 5.41) is 4.03. The summed E-state index contributed by atoms with van der Waals surface area (Å²) in [6.45, 7) is 6.51. The molecule has 144 valence electrons. The van der Waals surface area contributed by atoms with Gasteiger partial charge in [0.25, 0.3) is 5.56 Å². The topological polar surface area (TPSA) is 42.1 Å². The van der Waals surface area contributed by atoms with E-state index in [0.29, 0.717) is 5.92 Å². The molecule has 3 nitrogen and oxygen atoms in total. The number of aromatic nitrogens is 1. The van der Waals surface area contributed by atoms with E-state index in [9.17, 15) is 4.79 Å². The van der Waals surface area contributed by atoms with Gasteiger partial charge in [0.15, 0.2) is 0 Å². The zero-order valence-electron chi connectivity index (χ0n) is 16.8. The molecule has 1 atom stereocenters. The fourth-order valence-electron chi connectivity index (χ4n) is 4.09. The van der Waals surface area contributed by atoms with E-state index in [4.69, 9.17) is 4.74 Å². The van der Waals surface area contributed by atoms with Crippen molar-refractivity contribution in [2.24, 2.45) is 0 Å². The fourth-order valence-corrected chi connectivity index (χ4v) is 4.89. The number of methoxy groups -OCH3 is 1. The summed E-state index contributed by atoms with van der Waals surface area (Å²) in [6.07, 6.45) is 2.37. The lowest BCUT2D eigenvalue weighted by Crippen LogP contribution is -2.06. The van der Waals surface area contributed by atoms with Gasteiger partial charge in [0.1, 0.15) is 10.4 Å². The van der Waals surface area contributed by atoms with Gasteiger partial charge in [-0.05, 0) is 53.5 Å². The lowest BCUT2D eigenvalue weighted by Gasteiger charge is -2.17. The molecular weight excluding hydrogens is 366 g/mol. The summed E-state index contributed by atoms with van der Waals surface area (Å²) in [4.78, 5) is 15.6. The highest BCUT2D eigenvalue weighted by molar-refractivity contribution is 7.17. The van der Waals surface area contributed by atoms with Gasteiger partial charge in [-0.15, -0.1) is 11.3 Å². The summed E-state index contributed by atoms with van der Waals surface area (Å²) < 4.78 is 6.53. The Morgan fingerprint density at radius 1 is 1.18 bits per heavy atom. The Morgan fingerprint density at radius 3 is 2.61 bits per heavy atom. The minimum atomic E-state index is -0.0274. The van der Waals surface area contributed by atoms with Crippen LogP contribution in [0.15, 0.2) is 46.6 Å². The molecule has 28 heavy (non-hydrogen) atoms. The van der Waals surface area contributed by atoms with E-state index in [1.165, 1.54) is 29.7 Å². The molecule has 0 radical (unpaired) electrons. The first-order chi connectivity index (χ1) is 13.5. The van der Waals surface area contributed by atoms with Crippen molar-refractivity contribution in [2.45, 2.75) is 39.5 Å². The van der Waals surface area contributed by atoms with Gasteiger partial charge < -0.3 is 9.72 Å². The number of nitrogens with one attached hydrogen (secondary N) is 1. The minimum Gasteiger partial charge on any atom is -0.496 e. The number of benzene rings is 2. The van der Waals surface area contributed by atoms with E-state index in [-0.39, 0.29) is 5.56 Å². The third kappa shape index (κ3) is 3.02. The van der Waals surface area contributed by atoms with Crippen molar-refractivity contribution in [2.75, 3.05) is 7.11 Å². The number of hydrogen-bond donors (Lipinski definition) is 1. The van der Waals surface area contributed by atoms with Crippen molar-refractivity contribution >= 4 is 32.3 Å². The van der Waals surface area contributed by atoms with Crippen LogP contribution < -0.4 is 10.3 Å². The van der Waals surface area contributed by atoms with E-state index in [0.717, 1.165) is 43.4 Å². The number of hydrogen-bond acceptors (Lipinski definition) is 3. The normalized spacial score (nSPS) is 12.6. The van der Waals surface area contributed by atoms with Crippen molar-refractivity contribution in [3.05, 3.63) is 63.3 Å². The number of aryl methyl sites for hydroxylation is 1. The highest BCUT2D eigenvalue weighted by Gasteiger charge is 2.18. The van der Waals surface area contributed by atoms with Crippen LogP contribution in [0.25, 0.3) is 32.1 Å². The predicted octanol–water partition coefficient (Wildman–Crippen LogP) is 6.63. The molecule has 4 aromatic rings. The summed E-state index contributed by atoms with van der Waals surface area (Å²) >= 11 is 1.48. The van der Waals surface area contributed by atoms with Gasteiger partial charge >= 0.3 is 0 Å². The first-order valence-electron chi connectivity index (χ1n) is 9.76. The highest BCUT2D eigenvalue weighted by atomic mass is 32.1. The molecule has 0 unspecified atom stereocenters. The first kappa shape index (κ1) is 18.8. The van der Waals surface area contributed by atoms with Gasteiger partial charge in [0.05, 0.1) is 12.6 Å². The summed E-state index contributed by atoms with van der Waals surface area (Å²) in [7, 11) is 1.71. The standard InChI is InChI=1S/C24H25NO2S/c1-5-6-14(2)16-7-9-17(10-8-16)20-19(27-4)13-15(3)22-21(20)18-11-12-28-23(18)24(26)25-22/h7-14H,5-6H2,1-4H3,(H,25,26)/t14-/m0/s1. The van der Waals surface area contributed by atoms with Crippen molar-refractivity contribution in [1.29, 1.82) is 0 Å². The van der Waals surface area contributed by atoms with E-state index in [2.05, 4.69) is 43.1 Å². The smallest absolute Gasteiger partial charge is 0.266 e. The number of fused-ring (bicyclic) bond motifs is 3. The van der Waals surface area contributed by atoms with E-state index in [1.54, 1.807) is 7.11 Å². The second kappa shape index (κ2) is 7.44. The van der Waals surface area contributed by atoms with Crippen LogP contribution in [0.4, 0.5) is 0 Å². The second-order valence-corrected chi connectivity index (χ2v) is 8.37. The zero-order valence-corrected chi connectivity index (χ0v) is 17.6. The summed E-state index contributed by atoms with van der Waals surface area (Å²) in [5.74, 6) is 1.38. The monoisotopic (exact) mass is 391 g/mol. The molecule has 2 aromatic heterocycles. The van der Waals surface area contributed by atoms with Crippen LogP contribution in [-0.4, -0.2) is 12.1 Å². The van der Waals surface area contributed by atoms with Crippen molar-refractivity contribution in [3.8, 4) is 16.9 Å². The molecule has 0 fully saturated rings. The fraction of sp³-hybridized carbons (Fsp3) is 0.292. The summed E-state index contributed by atoms with van der Waals surface area (Å²) in [5.41, 5.74) is 5.37. The van der Waals surface area contributed by atoms with Crippen LogP contribution in [0.3, 0.4) is 0 Å². The van der Waals surface area contributed by atoms with Crippen molar-refractivity contribution < 1.29 is 4.74 Å². The maximum absolute atomic E-state index is 12.5. The average Bonchev–Trinajstić information content (AvgIpc) is 3.19. The van der Waals surface area contributed by atoms with Crippen molar-refractivity contribution in [1.82, 2.24) is 4.98 Å². The molecule has 0 saturated heterocycles. The lowest BCUT2D eigenvalue weighted by molar-refractivity contribution is 0.416. The van der Waals surface area contributed by atoms with Crippen LogP contribution >= 0.6 is 11.3 Å². The molecule has 2 heterocycles. The molecule has 4 rings (SSSR count). The molecule has 4 heteroatoms. The van der Waals surface area contributed by atoms with Gasteiger partial charge in [-0.1, -0.05) is 44.5 Å². The molecule has 0 amide bonds. The lowest BCUT2D eigenvalue weighted by atomic mass is 9.91. The Bertz CT molecular complexity index is 1200. The van der Waals surface area contributed by atoms with Gasteiger partial charge in [-0.25, -0.2) is 0 Å². The number of rotatable bonds is 5. The SMILES string of the molecule is CCC[C@H](C)c1ccc(-c2c(OC)cc(C)c3[nH]c(=O)c4sccc4c23)cc1.